The van der Waals surface area contributed by atoms with Crippen molar-refractivity contribution in [2.45, 2.75) is 19.9 Å². The van der Waals surface area contributed by atoms with Gasteiger partial charge >= 0.3 is 0 Å². The van der Waals surface area contributed by atoms with Crippen LogP contribution in [0.15, 0.2) is 64.8 Å². The zero-order chi connectivity index (χ0) is 22.3. The zero-order valence-electron chi connectivity index (χ0n) is 17.2. The number of ether oxygens (including phenoxy) is 1. The molecule has 2 heterocycles. The third-order valence-corrected chi connectivity index (χ3v) is 5.58. The average molecular weight is 438 g/mol. The van der Waals surface area contributed by atoms with Crippen molar-refractivity contribution in [3.63, 3.8) is 0 Å². The van der Waals surface area contributed by atoms with Gasteiger partial charge in [0, 0.05) is 16.3 Å². The third kappa shape index (κ3) is 3.49. The fourth-order valence-electron chi connectivity index (χ4n) is 3.85. The minimum atomic E-state index is -0.935. The number of halogens is 1. The highest BCUT2D eigenvalue weighted by molar-refractivity contribution is 6.51. The molecule has 3 aromatic rings. The lowest BCUT2D eigenvalue weighted by molar-refractivity contribution is -0.132. The van der Waals surface area contributed by atoms with Crippen LogP contribution in [0.2, 0.25) is 5.02 Å². The molecule has 2 aromatic carbocycles. The van der Waals surface area contributed by atoms with Gasteiger partial charge in [-0.3, -0.25) is 14.5 Å². The van der Waals surface area contributed by atoms with Crippen LogP contribution in [0.4, 0.5) is 5.69 Å². The maximum absolute atomic E-state index is 13.1. The van der Waals surface area contributed by atoms with Gasteiger partial charge in [-0.05, 0) is 67.4 Å². The van der Waals surface area contributed by atoms with E-state index in [0.717, 1.165) is 5.56 Å². The molecule has 0 saturated carbocycles. The molecule has 6 nitrogen and oxygen atoms in total. The molecule has 1 N–H and O–H groups in total. The first-order valence-corrected chi connectivity index (χ1v) is 9.97. The largest absolute Gasteiger partial charge is 0.507 e. The smallest absolute Gasteiger partial charge is 0.300 e. The first kappa shape index (κ1) is 20.8. The summed E-state index contributed by atoms with van der Waals surface area (Å²) in [6.45, 7) is 3.63. The van der Waals surface area contributed by atoms with E-state index in [1.807, 2.05) is 6.92 Å². The molecule has 1 saturated heterocycles. The van der Waals surface area contributed by atoms with Gasteiger partial charge in [0.25, 0.3) is 11.7 Å². The van der Waals surface area contributed by atoms with Crippen LogP contribution in [0.1, 0.15) is 28.5 Å². The van der Waals surface area contributed by atoms with Gasteiger partial charge in [0.05, 0.1) is 18.9 Å². The fraction of sp³-hybridized carbons (Fsp3) is 0.167. The van der Waals surface area contributed by atoms with Gasteiger partial charge in [-0.1, -0.05) is 17.7 Å². The maximum Gasteiger partial charge on any atom is 0.300 e. The number of aliphatic hydroxyl groups excluding tert-OH is 1. The van der Waals surface area contributed by atoms with Gasteiger partial charge in [-0.15, -0.1) is 0 Å². The Bertz CT molecular complexity index is 1210. The monoisotopic (exact) mass is 437 g/mol. The number of anilines is 1. The zero-order valence-corrected chi connectivity index (χ0v) is 17.9. The third-order valence-electron chi connectivity index (χ3n) is 5.34. The Morgan fingerprint density at radius 1 is 1.10 bits per heavy atom. The second kappa shape index (κ2) is 7.96. The summed E-state index contributed by atoms with van der Waals surface area (Å²) < 4.78 is 10.9. The van der Waals surface area contributed by atoms with E-state index in [1.165, 1.54) is 11.2 Å². The van der Waals surface area contributed by atoms with Gasteiger partial charge in [0.1, 0.15) is 23.3 Å². The van der Waals surface area contributed by atoms with Crippen LogP contribution in [-0.4, -0.2) is 23.9 Å². The Balaban J connectivity index is 1.95. The first-order valence-electron chi connectivity index (χ1n) is 9.59. The molecule has 1 fully saturated rings. The van der Waals surface area contributed by atoms with Crippen molar-refractivity contribution in [1.29, 1.82) is 0 Å². The summed E-state index contributed by atoms with van der Waals surface area (Å²) in [5.41, 5.74) is 2.31. The summed E-state index contributed by atoms with van der Waals surface area (Å²) in [6.07, 6.45) is 1.45. The van der Waals surface area contributed by atoms with Crippen LogP contribution in [0, 0.1) is 13.8 Å². The second-order valence-electron chi connectivity index (χ2n) is 7.30. The molecule has 0 radical (unpaired) electrons. The van der Waals surface area contributed by atoms with Gasteiger partial charge in [0.2, 0.25) is 0 Å². The van der Waals surface area contributed by atoms with Crippen molar-refractivity contribution >= 4 is 34.7 Å². The van der Waals surface area contributed by atoms with Gasteiger partial charge in [0.15, 0.2) is 0 Å². The quantitative estimate of drug-likeness (QED) is 0.345. The van der Waals surface area contributed by atoms with E-state index in [-0.39, 0.29) is 11.3 Å². The van der Waals surface area contributed by atoms with Crippen LogP contribution in [0.25, 0.3) is 5.76 Å². The van der Waals surface area contributed by atoms with E-state index in [1.54, 1.807) is 62.6 Å². The van der Waals surface area contributed by atoms with E-state index in [2.05, 4.69) is 0 Å². The summed E-state index contributed by atoms with van der Waals surface area (Å²) in [6, 6.07) is 12.5. The van der Waals surface area contributed by atoms with Crippen molar-refractivity contribution in [2.75, 3.05) is 12.0 Å². The van der Waals surface area contributed by atoms with E-state index in [4.69, 9.17) is 20.8 Å². The summed E-state index contributed by atoms with van der Waals surface area (Å²) in [5.74, 6) is -0.827. The molecule has 0 spiro atoms. The average Bonchev–Trinajstić information content (AvgIpc) is 3.36. The lowest BCUT2D eigenvalue weighted by atomic mass is 9.95. The molecule has 4 rings (SSSR count). The minimum Gasteiger partial charge on any atom is -0.507 e. The Labute approximate surface area is 184 Å². The Kier molecular flexibility index (Phi) is 5.33. The first-order chi connectivity index (χ1) is 14.8. The summed E-state index contributed by atoms with van der Waals surface area (Å²) in [5, 5.41) is 11.7. The Morgan fingerprint density at radius 3 is 2.52 bits per heavy atom. The minimum absolute atomic E-state index is 0.0485. The molecule has 0 bridgehead atoms. The number of methoxy groups -OCH3 is 1. The van der Waals surface area contributed by atoms with E-state index in [9.17, 15) is 14.7 Å². The molecular weight excluding hydrogens is 418 g/mol. The van der Waals surface area contributed by atoms with E-state index in [0.29, 0.717) is 33.3 Å². The predicted octanol–water partition coefficient (Wildman–Crippen LogP) is 5.18. The normalized spacial score (nSPS) is 17.9. The molecule has 1 aromatic heterocycles. The Morgan fingerprint density at radius 2 is 1.87 bits per heavy atom. The predicted molar refractivity (Wildman–Crippen MR) is 117 cm³/mol. The molecular formula is C24H20ClNO5. The topological polar surface area (TPSA) is 80.0 Å². The molecule has 1 unspecified atom stereocenters. The van der Waals surface area contributed by atoms with Crippen molar-refractivity contribution in [1.82, 2.24) is 0 Å². The summed E-state index contributed by atoms with van der Waals surface area (Å²) >= 11 is 6.12. The number of aryl methyl sites for hydroxylation is 2. The highest BCUT2D eigenvalue weighted by atomic mass is 35.5. The lowest BCUT2D eigenvalue weighted by Crippen LogP contribution is -2.29. The highest BCUT2D eigenvalue weighted by Crippen LogP contribution is 2.43. The molecule has 7 heteroatoms. The number of amides is 1. The number of benzene rings is 2. The molecule has 31 heavy (non-hydrogen) atoms. The van der Waals surface area contributed by atoms with Crippen molar-refractivity contribution in [2.24, 2.45) is 0 Å². The fourth-order valence-corrected chi connectivity index (χ4v) is 4.04. The van der Waals surface area contributed by atoms with Crippen LogP contribution in [0.5, 0.6) is 5.75 Å². The second-order valence-corrected chi connectivity index (χ2v) is 7.74. The highest BCUT2D eigenvalue weighted by Gasteiger charge is 2.48. The number of Topliss-reactive ketones (excluding diaryl/α,β-unsaturated/α-hetero) is 1. The van der Waals surface area contributed by atoms with Crippen molar-refractivity contribution < 1.29 is 23.8 Å². The number of rotatable bonds is 4. The number of hydrogen-bond acceptors (Lipinski definition) is 5. The number of nitrogens with zero attached hydrogens (tertiary/aromatic N) is 1. The van der Waals surface area contributed by atoms with Crippen LogP contribution >= 0.6 is 11.6 Å². The molecule has 1 amide bonds. The number of carbonyl (C=O) groups is 2. The molecule has 158 valence electrons. The maximum atomic E-state index is 13.1. The van der Waals surface area contributed by atoms with Gasteiger partial charge < -0.3 is 14.3 Å². The number of aliphatic hydroxyl groups is 1. The molecule has 1 atom stereocenters. The van der Waals surface area contributed by atoms with Crippen molar-refractivity contribution in [3.8, 4) is 5.75 Å². The number of furan rings is 1. The molecule has 0 aliphatic carbocycles. The summed E-state index contributed by atoms with van der Waals surface area (Å²) in [7, 11) is 1.56. The number of carbonyl (C=O) groups excluding carboxylic acids is 2. The van der Waals surface area contributed by atoms with E-state index < -0.39 is 17.7 Å². The summed E-state index contributed by atoms with van der Waals surface area (Å²) in [4.78, 5) is 27.4. The van der Waals surface area contributed by atoms with Crippen LogP contribution in [0.3, 0.4) is 0 Å². The molecule has 1 aliphatic rings. The van der Waals surface area contributed by atoms with Crippen LogP contribution in [-0.2, 0) is 9.59 Å². The van der Waals surface area contributed by atoms with Gasteiger partial charge in [-0.25, -0.2) is 0 Å². The number of ketones is 1. The Hall–Kier alpha value is -3.51. The van der Waals surface area contributed by atoms with Gasteiger partial charge in [-0.2, -0.15) is 0 Å². The molecule has 1 aliphatic heterocycles. The van der Waals surface area contributed by atoms with Crippen LogP contribution < -0.4 is 9.64 Å². The standard InChI is InChI=1S/C24H20ClNO5/c1-13-11-19(30-3)14(2)10-17(13)22(27)20-21(18-8-5-9-31-18)26(24(29)23(20)28)16-7-4-6-15(25)12-16/h4-12,21,27H,1-3H3/b22-20-. The SMILES string of the molecule is COc1cc(C)c(/C(O)=C2/C(=O)C(=O)N(c3cccc(Cl)c3)C2c2ccco2)cc1C. The lowest BCUT2D eigenvalue weighted by Gasteiger charge is -2.23. The van der Waals surface area contributed by atoms with Crippen molar-refractivity contribution in [3.05, 3.63) is 87.8 Å². The number of hydrogen-bond donors (Lipinski definition) is 1. The van der Waals surface area contributed by atoms with E-state index >= 15 is 0 Å².